The van der Waals surface area contributed by atoms with Gasteiger partial charge in [0.25, 0.3) is 0 Å². The summed E-state index contributed by atoms with van der Waals surface area (Å²) in [6, 6.07) is 19.7. The fourth-order valence-electron chi connectivity index (χ4n) is 3.98. The average molecular weight is 499 g/mol. The van der Waals surface area contributed by atoms with Crippen molar-refractivity contribution in [3.05, 3.63) is 88.7 Å². The van der Waals surface area contributed by atoms with E-state index in [0.29, 0.717) is 5.15 Å². The monoisotopic (exact) mass is 498 g/mol. The van der Waals surface area contributed by atoms with Crippen LogP contribution >= 0.6 is 23.8 Å². The number of hydrogen-bond acceptors (Lipinski definition) is 5. The summed E-state index contributed by atoms with van der Waals surface area (Å²) in [5.41, 5.74) is 5.34. The SMILES string of the molecule is CC(c1ccc(Cl)nc1)S(C)(=O)=NC(=S)CC(=O)OCC1c2ccccc2-c2ccccc21. The molecule has 33 heavy (non-hydrogen) atoms. The van der Waals surface area contributed by atoms with E-state index < -0.39 is 20.9 Å². The third kappa shape index (κ3) is 5.16. The van der Waals surface area contributed by atoms with Gasteiger partial charge in [-0.3, -0.25) is 4.79 Å². The number of rotatable bonds is 6. The predicted molar refractivity (Wildman–Crippen MR) is 136 cm³/mol. The Morgan fingerprint density at radius 1 is 1.12 bits per heavy atom. The third-order valence-electron chi connectivity index (χ3n) is 5.83. The molecule has 4 rings (SSSR count). The maximum atomic E-state index is 13.1. The summed E-state index contributed by atoms with van der Waals surface area (Å²) >= 11 is 11.1. The molecule has 2 atom stereocenters. The minimum absolute atomic E-state index is 0.0281. The number of carbonyl (C=O) groups is 1. The van der Waals surface area contributed by atoms with Crippen LogP contribution in [0.4, 0.5) is 0 Å². The second-order valence-corrected chi connectivity index (χ2v) is 11.5. The molecule has 1 aliphatic carbocycles. The van der Waals surface area contributed by atoms with Gasteiger partial charge in [-0.15, -0.1) is 0 Å². The van der Waals surface area contributed by atoms with Gasteiger partial charge >= 0.3 is 5.97 Å². The molecule has 0 amide bonds. The second kappa shape index (κ2) is 9.71. The van der Waals surface area contributed by atoms with E-state index in [2.05, 4.69) is 33.6 Å². The lowest BCUT2D eigenvalue weighted by Gasteiger charge is -2.15. The van der Waals surface area contributed by atoms with E-state index in [-0.39, 0.29) is 23.9 Å². The van der Waals surface area contributed by atoms with E-state index in [1.54, 1.807) is 25.3 Å². The number of esters is 1. The number of pyridine rings is 1. The predicted octanol–water partition coefficient (Wildman–Crippen LogP) is 5.97. The van der Waals surface area contributed by atoms with E-state index in [9.17, 15) is 9.00 Å². The number of fused-ring (bicyclic) bond motifs is 3. The van der Waals surface area contributed by atoms with Crippen molar-refractivity contribution in [2.75, 3.05) is 12.9 Å². The number of halogens is 1. The van der Waals surface area contributed by atoms with Crippen molar-refractivity contribution in [1.29, 1.82) is 0 Å². The Labute approximate surface area is 204 Å². The van der Waals surface area contributed by atoms with Gasteiger partial charge in [-0.1, -0.05) is 78.4 Å². The lowest BCUT2D eigenvalue weighted by Crippen LogP contribution is -2.16. The number of ether oxygens (including phenoxy) is 1. The van der Waals surface area contributed by atoms with Crippen molar-refractivity contribution >= 4 is 44.5 Å². The average Bonchev–Trinajstić information content (AvgIpc) is 3.11. The molecule has 0 aliphatic heterocycles. The van der Waals surface area contributed by atoms with Gasteiger partial charge in [0.1, 0.15) is 16.7 Å². The first-order valence-electron chi connectivity index (χ1n) is 10.5. The first kappa shape index (κ1) is 23.5. The Bertz CT molecular complexity index is 1290. The van der Waals surface area contributed by atoms with Crippen molar-refractivity contribution in [1.82, 2.24) is 4.98 Å². The van der Waals surface area contributed by atoms with E-state index in [4.69, 9.17) is 28.6 Å². The van der Waals surface area contributed by atoms with Gasteiger partial charge in [0.2, 0.25) is 0 Å². The zero-order chi connectivity index (χ0) is 23.6. The molecule has 2 unspecified atom stereocenters. The Morgan fingerprint density at radius 2 is 1.73 bits per heavy atom. The zero-order valence-electron chi connectivity index (χ0n) is 18.2. The highest BCUT2D eigenvalue weighted by atomic mass is 35.5. The van der Waals surface area contributed by atoms with Crippen molar-refractivity contribution in [3.63, 3.8) is 0 Å². The largest absolute Gasteiger partial charge is 0.464 e. The molecule has 0 saturated heterocycles. The van der Waals surface area contributed by atoms with Crippen molar-refractivity contribution in [2.45, 2.75) is 24.5 Å². The molecular weight excluding hydrogens is 476 g/mol. The molecule has 2 aromatic carbocycles. The van der Waals surface area contributed by atoms with E-state index in [1.807, 2.05) is 24.3 Å². The van der Waals surface area contributed by atoms with E-state index >= 15 is 0 Å². The summed E-state index contributed by atoms with van der Waals surface area (Å²) in [6.07, 6.45) is 2.90. The summed E-state index contributed by atoms with van der Waals surface area (Å²) in [4.78, 5) is 16.6. The molecule has 0 N–H and O–H groups in total. The molecule has 1 heterocycles. The molecule has 3 aromatic rings. The number of benzene rings is 2. The summed E-state index contributed by atoms with van der Waals surface area (Å²) in [7, 11) is -2.74. The summed E-state index contributed by atoms with van der Waals surface area (Å²) in [5.74, 6) is -0.513. The first-order chi connectivity index (χ1) is 15.8. The molecule has 5 nitrogen and oxygen atoms in total. The van der Waals surface area contributed by atoms with Crippen molar-refractivity contribution in [2.24, 2.45) is 4.36 Å². The van der Waals surface area contributed by atoms with Gasteiger partial charge in [0, 0.05) is 18.4 Å². The Hall–Kier alpha value is -2.61. The molecule has 170 valence electrons. The number of thiocarbonyl (C=S) groups is 1. The molecule has 1 aromatic heterocycles. The Morgan fingerprint density at radius 3 is 2.30 bits per heavy atom. The van der Waals surface area contributed by atoms with Crippen LogP contribution < -0.4 is 0 Å². The van der Waals surface area contributed by atoms with Gasteiger partial charge in [-0.05, 0) is 40.8 Å². The van der Waals surface area contributed by atoms with Crippen LogP contribution in [0.1, 0.15) is 41.2 Å². The summed E-state index contributed by atoms with van der Waals surface area (Å²) in [6.45, 7) is 2.00. The first-order valence-corrected chi connectivity index (χ1v) is 13.2. The zero-order valence-corrected chi connectivity index (χ0v) is 20.6. The molecule has 1 aliphatic rings. The lowest BCUT2D eigenvalue weighted by atomic mass is 9.98. The van der Waals surface area contributed by atoms with Crippen molar-refractivity contribution in [3.8, 4) is 11.1 Å². The Balaban J connectivity index is 1.41. The molecular formula is C25H23ClN2O3S2. The number of aromatic nitrogens is 1. The summed E-state index contributed by atoms with van der Waals surface area (Å²) < 4.78 is 22.9. The van der Waals surface area contributed by atoms with Gasteiger partial charge in [0.05, 0.1) is 21.4 Å². The van der Waals surface area contributed by atoms with Crippen LogP contribution in [0.5, 0.6) is 0 Å². The van der Waals surface area contributed by atoms with Crippen molar-refractivity contribution < 1.29 is 13.7 Å². The van der Waals surface area contributed by atoms with Crippen LogP contribution in [-0.2, 0) is 19.3 Å². The van der Waals surface area contributed by atoms with Crippen LogP contribution in [0.25, 0.3) is 11.1 Å². The van der Waals surface area contributed by atoms with Gasteiger partial charge in [-0.2, -0.15) is 4.36 Å². The number of carbonyl (C=O) groups excluding carboxylic acids is 1. The maximum absolute atomic E-state index is 13.1. The molecule has 0 fully saturated rings. The quantitative estimate of drug-likeness (QED) is 0.238. The minimum Gasteiger partial charge on any atom is -0.464 e. The van der Waals surface area contributed by atoms with Gasteiger partial charge in [-0.25, -0.2) is 9.19 Å². The fourth-order valence-corrected chi connectivity index (χ4v) is 5.93. The fraction of sp³-hybridized carbons (Fsp3) is 0.240. The molecule has 0 spiro atoms. The third-order valence-corrected chi connectivity index (χ3v) is 8.57. The minimum atomic E-state index is -2.74. The smallest absolute Gasteiger partial charge is 0.312 e. The highest BCUT2D eigenvalue weighted by molar-refractivity contribution is 7.94. The van der Waals surface area contributed by atoms with Crippen LogP contribution in [0.3, 0.4) is 0 Å². The van der Waals surface area contributed by atoms with E-state index in [1.165, 1.54) is 6.26 Å². The topological polar surface area (TPSA) is 68.6 Å². The van der Waals surface area contributed by atoms with E-state index in [0.717, 1.165) is 27.8 Å². The number of nitrogens with zero attached hydrogens (tertiary/aromatic N) is 2. The standard InChI is InChI=1S/C25H23ClN2O3S2/c1-16(17-11-12-23(26)27-14-17)33(2,30)28-24(32)13-25(29)31-15-22-20-9-5-3-7-18(20)19-8-4-6-10-21(19)22/h3-12,14,16,22H,13,15H2,1-2H3. The molecule has 0 radical (unpaired) electrons. The van der Waals surface area contributed by atoms with Crippen LogP contribution in [0.15, 0.2) is 71.2 Å². The summed E-state index contributed by atoms with van der Waals surface area (Å²) in [5, 5.41) is -0.0704. The maximum Gasteiger partial charge on any atom is 0.312 e. The second-order valence-electron chi connectivity index (χ2n) is 7.99. The van der Waals surface area contributed by atoms with Crippen LogP contribution in [-0.4, -0.2) is 33.0 Å². The van der Waals surface area contributed by atoms with Crippen LogP contribution in [0, 0.1) is 0 Å². The normalized spacial score (nSPS) is 15.1. The van der Waals surface area contributed by atoms with Gasteiger partial charge < -0.3 is 4.74 Å². The highest BCUT2D eigenvalue weighted by Crippen LogP contribution is 2.44. The number of hydrogen-bond donors (Lipinski definition) is 0. The van der Waals surface area contributed by atoms with Gasteiger partial charge in [0.15, 0.2) is 0 Å². The Kier molecular flexibility index (Phi) is 6.93. The lowest BCUT2D eigenvalue weighted by molar-refractivity contribution is -0.142. The highest BCUT2D eigenvalue weighted by Gasteiger charge is 2.29. The molecule has 0 saturated carbocycles. The molecule has 0 bridgehead atoms. The molecule has 8 heteroatoms. The van der Waals surface area contributed by atoms with Crippen LogP contribution in [0.2, 0.25) is 5.15 Å².